The van der Waals surface area contributed by atoms with E-state index < -0.39 is 0 Å². The van der Waals surface area contributed by atoms with E-state index in [1.807, 2.05) is 6.92 Å². The van der Waals surface area contributed by atoms with Crippen molar-refractivity contribution in [3.8, 4) is 0 Å². The number of hydrogen-bond acceptors (Lipinski definition) is 3. The zero-order valence-corrected chi connectivity index (χ0v) is 6.70. The Bertz CT molecular complexity index is 188. The van der Waals surface area contributed by atoms with Crippen molar-refractivity contribution >= 4 is 23.3 Å². The van der Waals surface area contributed by atoms with Gasteiger partial charge in [-0.15, -0.1) is 0 Å². The summed E-state index contributed by atoms with van der Waals surface area (Å²) >= 11 is 4.33. The van der Waals surface area contributed by atoms with Crippen LogP contribution >= 0.6 is 12.2 Å². The molecule has 2 nitrogen and oxygen atoms in total. The van der Waals surface area contributed by atoms with Crippen LogP contribution in [0.25, 0.3) is 0 Å². The molecule has 0 aliphatic heterocycles. The first-order chi connectivity index (χ1) is 4.85. The van der Waals surface area contributed by atoms with Gasteiger partial charge in [0, 0.05) is 6.42 Å². The molecule has 0 N–H and O–H groups in total. The van der Waals surface area contributed by atoms with Gasteiger partial charge in [-0.3, -0.25) is 0 Å². The predicted molar refractivity (Wildman–Crippen MR) is 43.8 cm³/mol. The molecule has 0 aliphatic rings. The fraction of sp³-hybridized carbons (Fsp3) is 0.571. The van der Waals surface area contributed by atoms with Crippen molar-refractivity contribution in [2.24, 2.45) is 4.99 Å². The van der Waals surface area contributed by atoms with E-state index in [1.54, 1.807) is 5.94 Å². The van der Waals surface area contributed by atoms with Crippen LogP contribution < -0.4 is 0 Å². The lowest BCUT2D eigenvalue weighted by atomic mass is 10.2. The summed E-state index contributed by atoms with van der Waals surface area (Å²) in [5.41, 5.74) is 0.372. The quantitative estimate of drug-likeness (QED) is 0.353. The van der Waals surface area contributed by atoms with Crippen molar-refractivity contribution in [1.82, 2.24) is 0 Å². The van der Waals surface area contributed by atoms with Gasteiger partial charge in [-0.25, -0.2) is 4.79 Å². The van der Waals surface area contributed by atoms with Gasteiger partial charge in [0.05, 0.1) is 5.16 Å². The number of allylic oxidation sites excluding steroid dienone is 1. The van der Waals surface area contributed by atoms with Crippen molar-refractivity contribution in [3.05, 3.63) is 5.70 Å². The van der Waals surface area contributed by atoms with Crippen LogP contribution in [0.2, 0.25) is 0 Å². The number of thiocarbonyl (C=S) groups is 1. The van der Waals surface area contributed by atoms with Crippen molar-refractivity contribution < 1.29 is 4.79 Å². The smallest absolute Gasteiger partial charge is 0.148 e. The first-order valence-electron chi connectivity index (χ1n) is 3.17. The van der Waals surface area contributed by atoms with Gasteiger partial charge in [-0.1, -0.05) is 13.3 Å². The Labute approximate surface area is 65.7 Å². The summed E-state index contributed by atoms with van der Waals surface area (Å²) in [5.74, 6) is 1.71. The first-order valence-corrected chi connectivity index (χ1v) is 3.57. The number of carbonyl (C=O) groups excluding carboxylic acids is 1. The van der Waals surface area contributed by atoms with Crippen molar-refractivity contribution in [2.45, 2.75) is 26.2 Å². The summed E-state index contributed by atoms with van der Waals surface area (Å²) in [5, 5.41) is 2.14. The summed E-state index contributed by atoms with van der Waals surface area (Å²) in [6.45, 7) is 2.05. The Balaban J connectivity index is 3.86. The summed E-state index contributed by atoms with van der Waals surface area (Å²) in [4.78, 5) is 13.6. The predicted octanol–water partition coefficient (Wildman–Crippen LogP) is 1.99. The number of hydrogen-bond donors (Lipinski definition) is 0. The summed E-state index contributed by atoms with van der Waals surface area (Å²) in [6.07, 6.45) is 2.65. The number of unbranched alkanes of at least 4 members (excludes halogenated alkanes) is 1. The molecule has 0 aromatic heterocycles. The van der Waals surface area contributed by atoms with Crippen molar-refractivity contribution in [1.29, 1.82) is 0 Å². The van der Waals surface area contributed by atoms with Gasteiger partial charge in [0.15, 0.2) is 0 Å². The molecule has 0 heterocycles. The van der Waals surface area contributed by atoms with Crippen LogP contribution in [-0.2, 0) is 4.79 Å². The van der Waals surface area contributed by atoms with Crippen LogP contribution in [0.1, 0.15) is 26.2 Å². The lowest BCUT2D eigenvalue weighted by molar-refractivity contribution is 0.565. The zero-order chi connectivity index (χ0) is 7.82. The van der Waals surface area contributed by atoms with Gasteiger partial charge in [-0.2, -0.15) is 4.99 Å². The number of nitrogens with zero attached hydrogens (tertiary/aromatic N) is 1. The van der Waals surface area contributed by atoms with E-state index in [4.69, 9.17) is 0 Å². The van der Waals surface area contributed by atoms with Crippen LogP contribution in [0.5, 0.6) is 0 Å². The van der Waals surface area contributed by atoms with Crippen LogP contribution in [0.4, 0.5) is 0 Å². The fourth-order valence-electron chi connectivity index (χ4n) is 0.529. The molecule has 0 amide bonds. The molecular formula is C7H9NOS. The normalized spacial score (nSPS) is 7.70. The SMILES string of the molecule is CCCCC(=C=O)N=C=S. The minimum atomic E-state index is 0.372. The Morgan fingerprint density at radius 1 is 1.70 bits per heavy atom. The van der Waals surface area contributed by atoms with Crippen LogP contribution in [0.3, 0.4) is 0 Å². The minimum absolute atomic E-state index is 0.372. The topological polar surface area (TPSA) is 29.4 Å². The molecule has 10 heavy (non-hydrogen) atoms. The Morgan fingerprint density at radius 3 is 2.80 bits per heavy atom. The van der Waals surface area contributed by atoms with Crippen LogP contribution in [0, 0.1) is 0 Å². The van der Waals surface area contributed by atoms with Gasteiger partial charge in [0.25, 0.3) is 0 Å². The molecule has 0 radical (unpaired) electrons. The molecule has 0 spiro atoms. The molecule has 0 bridgehead atoms. The second-order valence-corrected chi connectivity index (χ2v) is 2.04. The number of aliphatic imine (C=N–C) groups is 1. The molecule has 0 saturated carbocycles. The molecule has 0 saturated heterocycles. The van der Waals surface area contributed by atoms with E-state index >= 15 is 0 Å². The highest BCUT2D eigenvalue weighted by Gasteiger charge is 1.92. The van der Waals surface area contributed by atoms with E-state index in [-0.39, 0.29) is 0 Å². The van der Waals surface area contributed by atoms with Gasteiger partial charge in [0.1, 0.15) is 11.6 Å². The summed E-state index contributed by atoms with van der Waals surface area (Å²) < 4.78 is 0. The second kappa shape index (κ2) is 6.37. The minimum Gasteiger partial charge on any atom is -0.231 e. The molecule has 3 heteroatoms. The van der Waals surface area contributed by atoms with E-state index in [0.717, 1.165) is 12.8 Å². The summed E-state index contributed by atoms with van der Waals surface area (Å²) in [6, 6.07) is 0. The highest BCUT2D eigenvalue weighted by atomic mass is 32.1. The van der Waals surface area contributed by atoms with Crippen LogP contribution in [-0.4, -0.2) is 11.1 Å². The number of rotatable bonds is 4. The molecule has 0 atom stereocenters. The van der Waals surface area contributed by atoms with Gasteiger partial charge in [-0.05, 0) is 18.6 Å². The first kappa shape index (κ1) is 9.25. The van der Waals surface area contributed by atoms with Gasteiger partial charge in [0.2, 0.25) is 0 Å². The van der Waals surface area contributed by atoms with Crippen molar-refractivity contribution in [3.63, 3.8) is 0 Å². The van der Waals surface area contributed by atoms with E-state index in [2.05, 4.69) is 22.4 Å². The largest absolute Gasteiger partial charge is 0.231 e. The maximum atomic E-state index is 10.1. The highest BCUT2D eigenvalue weighted by Crippen LogP contribution is 2.03. The Hall–Kier alpha value is -0.750. The molecule has 0 fully saturated rings. The molecule has 0 aromatic rings. The zero-order valence-electron chi connectivity index (χ0n) is 5.89. The summed E-state index contributed by atoms with van der Waals surface area (Å²) in [7, 11) is 0. The van der Waals surface area contributed by atoms with E-state index in [1.165, 1.54) is 0 Å². The molecule has 0 unspecified atom stereocenters. The maximum Gasteiger partial charge on any atom is 0.148 e. The maximum absolute atomic E-state index is 10.1. The lowest BCUT2D eigenvalue weighted by Gasteiger charge is -1.89. The molecule has 0 aromatic carbocycles. The molecule has 0 aliphatic carbocycles. The standard InChI is InChI=1S/C7H9NOS/c1-2-3-4-7(5-9)8-6-10/h2-4H2,1H3. The average molecular weight is 155 g/mol. The van der Waals surface area contributed by atoms with E-state index in [0.29, 0.717) is 12.1 Å². The third-order valence-corrected chi connectivity index (χ3v) is 1.16. The van der Waals surface area contributed by atoms with Crippen LogP contribution in [0.15, 0.2) is 10.7 Å². The Morgan fingerprint density at radius 2 is 2.40 bits per heavy atom. The highest BCUT2D eigenvalue weighted by molar-refractivity contribution is 7.78. The monoisotopic (exact) mass is 155 g/mol. The lowest BCUT2D eigenvalue weighted by Crippen LogP contribution is -1.79. The second-order valence-electron chi connectivity index (χ2n) is 1.86. The van der Waals surface area contributed by atoms with Gasteiger partial charge >= 0.3 is 0 Å². The molecular weight excluding hydrogens is 146 g/mol. The van der Waals surface area contributed by atoms with Gasteiger partial charge < -0.3 is 0 Å². The number of isothiocyanates is 1. The average Bonchev–Trinajstić information content (AvgIpc) is 1.98. The van der Waals surface area contributed by atoms with E-state index in [9.17, 15) is 4.79 Å². The molecule has 0 rings (SSSR count). The fourth-order valence-corrected chi connectivity index (χ4v) is 0.639. The van der Waals surface area contributed by atoms with Crippen molar-refractivity contribution in [2.75, 3.05) is 0 Å². The molecule has 54 valence electrons. The Kier molecular flexibility index (Phi) is 5.89. The third kappa shape index (κ3) is 4.16. The third-order valence-electron chi connectivity index (χ3n) is 1.07.